The fourth-order valence-electron chi connectivity index (χ4n) is 3.54. The van der Waals surface area contributed by atoms with E-state index in [9.17, 15) is 14.4 Å². The zero-order chi connectivity index (χ0) is 28.6. The second kappa shape index (κ2) is 13.1. The molecule has 0 fully saturated rings. The Hall–Kier alpha value is -4.12. The van der Waals surface area contributed by atoms with Crippen LogP contribution in [-0.2, 0) is 32.8 Å². The highest BCUT2D eigenvalue weighted by molar-refractivity contribution is 7.99. The zero-order valence-electron chi connectivity index (χ0n) is 22.6. The molecule has 0 unspecified atom stereocenters. The maximum Gasteiger partial charge on any atom is 0.337 e. The summed E-state index contributed by atoms with van der Waals surface area (Å²) in [6, 6.07) is 12.1. The molecule has 3 aromatic rings. The molecular formula is C28H32N4O6S. The summed E-state index contributed by atoms with van der Waals surface area (Å²) in [4.78, 5) is 36.7. The molecule has 1 heterocycles. The quantitative estimate of drug-likeness (QED) is 0.206. The van der Waals surface area contributed by atoms with Crippen LogP contribution >= 0.6 is 11.8 Å². The molecule has 206 valence electrons. The predicted molar refractivity (Wildman–Crippen MR) is 148 cm³/mol. The third-order valence-electron chi connectivity index (χ3n) is 5.58. The second-order valence-corrected chi connectivity index (χ2v) is 10.4. The van der Waals surface area contributed by atoms with Crippen molar-refractivity contribution in [1.82, 2.24) is 14.8 Å². The number of carbonyl (C=O) groups is 3. The van der Waals surface area contributed by atoms with Crippen LogP contribution in [0.4, 0.5) is 5.69 Å². The summed E-state index contributed by atoms with van der Waals surface area (Å²) < 4.78 is 17.2. The third kappa shape index (κ3) is 7.93. The number of hydrogen-bond acceptors (Lipinski definition) is 9. The summed E-state index contributed by atoms with van der Waals surface area (Å²) >= 11 is 1.18. The molecule has 1 N–H and O–H groups in total. The molecule has 39 heavy (non-hydrogen) atoms. The Balaban J connectivity index is 1.67. The molecule has 10 nitrogen and oxygen atoms in total. The molecule has 1 aromatic heterocycles. The van der Waals surface area contributed by atoms with Gasteiger partial charge in [0.25, 0.3) is 0 Å². The summed E-state index contributed by atoms with van der Waals surface area (Å²) in [5, 5.41) is 11.7. The first-order valence-electron chi connectivity index (χ1n) is 12.1. The molecule has 3 rings (SSSR count). The number of rotatable bonds is 11. The summed E-state index contributed by atoms with van der Waals surface area (Å²) in [5.74, 6) is -0.370. The van der Waals surface area contributed by atoms with Gasteiger partial charge in [0.1, 0.15) is 12.4 Å². The van der Waals surface area contributed by atoms with E-state index in [2.05, 4.69) is 42.9 Å². The molecule has 0 spiro atoms. The SMILES string of the molecule is C=CCn1c(COc2ccc(C(C)(C)C)cc2)nnc1SCC(=O)Nc1cc(C(=O)OC)cc(C(=O)OC)c1. The number of allylic oxidation sites excluding steroid dienone is 1. The number of anilines is 1. The van der Waals surface area contributed by atoms with E-state index >= 15 is 0 Å². The summed E-state index contributed by atoms with van der Waals surface area (Å²) in [7, 11) is 2.45. The van der Waals surface area contributed by atoms with Gasteiger partial charge in [-0.2, -0.15) is 0 Å². The van der Waals surface area contributed by atoms with Gasteiger partial charge >= 0.3 is 11.9 Å². The van der Waals surface area contributed by atoms with Gasteiger partial charge in [0.15, 0.2) is 11.0 Å². The first kappa shape index (κ1) is 29.4. The van der Waals surface area contributed by atoms with Crippen molar-refractivity contribution in [3.63, 3.8) is 0 Å². The lowest BCUT2D eigenvalue weighted by atomic mass is 9.87. The van der Waals surface area contributed by atoms with E-state index in [-0.39, 0.29) is 40.5 Å². The number of esters is 2. The molecule has 2 aromatic carbocycles. The molecule has 11 heteroatoms. The van der Waals surface area contributed by atoms with E-state index in [0.717, 1.165) is 0 Å². The molecule has 0 saturated heterocycles. The second-order valence-electron chi connectivity index (χ2n) is 9.48. The lowest BCUT2D eigenvalue weighted by Gasteiger charge is -2.19. The van der Waals surface area contributed by atoms with Crippen LogP contribution in [0.1, 0.15) is 52.9 Å². The number of amides is 1. The Kier molecular flexibility index (Phi) is 9.89. The topological polar surface area (TPSA) is 122 Å². The van der Waals surface area contributed by atoms with E-state index in [4.69, 9.17) is 14.2 Å². The van der Waals surface area contributed by atoms with Gasteiger partial charge in [-0.15, -0.1) is 16.8 Å². The average molecular weight is 553 g/mol. The number of carbonyl (C=O) groups excluding carboxylic acids is 3. The van der Waals surface area contributed by atoms with Crippen molar-refractivity contribution in [2.24, 2.45) is 0 Å². The Labute approximate surface area is 231 Å². The molecule has 0 aliphatic heterocycles. The number of hydrogen-bond donors (Lipinski definition) is 1. The Morgan fingerprint density at radius 1 is 1.00 bits per heavy atom. The van der Waals surface area contributed by atoms with E-state index in [1.165, 1.54) is 49.7 Å². The van der Waals surface area contributed by atoms with E-state index in [0.29, 0.717) is 23.3 Å². The van der Waals surface area contributed by atoms with Crippen LogP contribution in [0.15, 0.2) is 60.3 Å². The molecule has 0 radical (unpaired) electrons. The van der Waals surface area contributed by atoms with Crippen LogP contribution in [0, 0.1) is 0 Å². The molecule has 0 saturated carbocycles. The highest BCUT2D eigenvalue weighted by atomic mass is 32.2. The van der Waals surface area contributed by atoms with Gasteiger partial charge in [-0.25, -0.2) is 9.59 Å². The largest absolute Gasteiger partial charge is 0.486 e. The Morgan fingerprint density at radius 3 is 2.15 bits per heavy atom. The van der Waals surface area contributed by atoms with E-state index in [1.807, 2.05) is 28.8 Å². The first-order chi connectivity index (χ1) is 18.5. The van der Waals surface area contributed by atoms with Crippen molar-refractivity contribution in [3.05, 3.63) is 77.6 Å². The molecule has 0 bridgehead atoms. The van der Waals surface area contributed by atoms with Crippen molar-refractivity contribution >= 4 is 35.3 Å². The van der Waals surface area contributed by atoms with E-state index < -0.39 is 11.9 Å². The van der Waals surface area contributed by atoms with Crippen LogP contribution in [0.25, 0.3) is 0 Å². The van der Waals surface area contributed by atoms with Gasteiger partial charge in [-0.05, 0) is 41.3 Å². The smallest absolute Gasteiger partial charge is 0.337 e. The molecule has 0 aliphatic rings. The first-order valence-corrected chi connectivity index (χ1v) is 13.0. The van der Waals surface area contributed by atoms with Crippen LogP contribution < -0.4 is 10.1 Å². The number of aromatic nitrogens is 3. The van der Waals surface area contributed by atoms with Crippen LogP contribution in [-0.4, -0.2) is 52.6 Å². The van der Waals surface area contributed by atoms with Crippen molar-refractivity contribution in [3.8, 4) is 5.75 Å². The number of methoxy groups -OCH3 is 2. The predicted octanol–water partition coefficient (Wildman–Crippen LogP) is 4.64. The third-order valence-corrected chi connectivity index (χ3v) is 6.55. The molecular weight excluding hydrogens is 520 g/mol. The Morgan fingerprint density at radius 2 is 1.62 bits per heavy atom. The van der Waals surface area contributed by atoms with Crippen molar-refractivity contribution in [2.45, 2.75) is 44.5 Å². The van der Waals surface area contributed by atoms with E-state index in [1.54, 1.807) is 6.08 Å². The highest BCUT2D eigenvalue weighted by Gasteiger charge is 2.18. The number of nitrogens with one attached hydrogen (secondary N) is 1. The van der Waals surface area contributed by atoms with Crippen molar-refractivity contribution in [2.75, 3.05) is 25.3 Å². The average Bonchev–Trinajstić information content (AvgIpc) is 3.30. The minimum Gasteiger partial charge on any atom is -0.486 e. The Bertz CT molecular complexity index is 1310. The van der Waals surface area contributed by atoms with Gasteiger partial charge in [0.2, 0.25) is 5.91 Å². The van der Waals surface area contributed by atoms with Crippen LogP contribution in [0.3, 0.4) is 0 Å². The fourth-order valence-corrected chi connectivity index (χ4v) is 4.31. The summed E-state index contributed by atoms with van der Waals surface area (Å²) in [6.45, 7) is 10.9. The number of nitrogens with zero attached hydrogens (tertiary/aromatic N) is 3. The normalized spacial score (nSPS) is 11.0. The maximum atomic E-state index is 12.7. The van der Waals surface area contributed by atoms with Crippen LogP contribution in [0.5, 0.6) is 5.75 Å². The summed E-state index contributed by atoms with van der Waals surface area (Å²) in [6.07, 6.45) is 1.71. The highest BCUT2D eigenvalue weighted by Crippen LogP contribution is 2.25. The number of thioether (sulfide) groups is 1. The van der Waals surface area contributed by atoms with Gasteiger partial charge in [-0.3, -0.25) is 9.36 Å². The number of benzene rings is 2. The molecule has 0 aliphatic carbocycles. The van der Waals surface area contributed by atoms with Gasteiger partial charge < -0.3 is 19.5 Å². The van der Waals surface area contributed by atoms with Gasteiger partial charge in [-0.1, -0.05) is 50.7 Å². The maximum absolute atomic E-state index is 12.7. The monoisotopic (exact) mass is 552 g/mol. The summed E-state index contributed by atoms with van der Waals surface area (Å²) in [5.41, 5.74) is 1.72. The van der Waals surface area contributed by atoms with Crippen molar-refractivity contribution < 1.29 is 28.6 Å². The molecule has 1 amide bonds. The zero-order valence-corrected chi connectivity index (χ0v) is 23.5. The lowest BCUT2D eigenvalue weighted by molar-refractivity contribution is -0.113. The standard InChI is InChI=1S/C28H32N4O6S/c1-7-12-32-23(16-38-22-10-8-20(9-11-22)28(2,3)4)30-31-27(32)39-17-24(33)29-21-14-18(25(34)36-5)13-19(15-21)26(35)37-6/h7-11,13-15H,1,12,16-17H2,2-6H3,(H,29,33). The van der Waals surface area contributed by atoms with Gasteiger partial charge in [0, 0.05) is 12.2 Å². The minimum absolute atomic E-state index is 0.000405. The van der Waals surface area contributed by atoms with Crippen molar-refractivity contribution in [1.29, 1.82) is 0 Å². The number of ether oxygens (including phenoxy) is 3. The lowest BCUT2D eigenvalue weighted by Crippen LogP contribution is -2.16. The molecule has 0 atom stereocenters. The minimum atomic E-state index is -0.650. The fraction of sp³-hybridized carbons (Fsp3) is 0.321. The van der Waals surface area contributed by atoms with Gasteiger partial charge in [0.05, 0.1) is 31.1 Å². The van der Waals surface area contributed by atoms with Crippen LogP contribution in [0.2, 0.25) is 0 Å².